The summed E-state index contributed by atoms with van der Waals surface area (Å²) in [4.78, 5) is 2.43. The normalized spacial score (nSPS) is 32.6. The number of piperidine rings is 1. The van der Waals surface area contributed by atoms with E-state index in [-0.39, 0.29) is 34.2 Å². The molecule has 1 aliphatic carbocycles. The van der Waals surface area contributed by atoms with Gasteiger partial charge in [0.2, 0.25) is 0 Å². The molecule has 8 heteroatoms. The number of anilines is 2. The summed E-state index contributed by atoms with van der Waals surface area (Å²) in [6, 6.07) is 0.429. The van der Waals surface area contributed by atoms with Crippen molar-refractivity contribution < 1.29 is 13.5 Å². The third-order valence-corrected chi connectivity index (χ3v) is 8.17. The zero-order valence-corrected chi connectivity index (χ0v) is 13.2. The van der Waals surface area contributed by atoms with Gasteiger partial charge in [0.05, 0.1) is 11.4 Å². The fourth-order valence-corrected chi connectivity index (χ4v) is 6.89. The first kappa shape index (κ1) is 13.8. The topological polar surface area (TPSA) is 96.5 Å². The van der Waals surface area contributed by atoms with Crippen LogP contribution < -0.4 is 10.6 Å². The summed E-state index contributed by atoms with van der Waals surface area (Å²) in [7, 11) is -3.35. The van der Waals surface area contributed by atoms with Gasteiger partial charge in [-0.25, -0.2) is 8.42 Å². The predicted molar refractivity (Wildman–Crippen MR) is 81.3 cm³/mol. The molecular weight excluding hydrogens is 310 g/mol. The highest BCUT2D eigenvalue weighted by molar-refractivity contribution is 7.92. The van der Waals surface area contributed by atoms with Crippen LogP contribution in [-0.4, -0.2) is 41.3 Å². The summed E-state index contributed by atoms with van der Waals surface area (Å²) in [6.07, 6.45) is 4.59. The number of nitrogens with zero attached hydrogens (tertiary/aromatic N) is 2. The van der Waals surface area contributed by atoms with E-state index in [1.807, 2.05) is 0 Å². The van der Waals surface area contributed by atoms with E-state index in [1.165, 1.54) is 11.5 Å². The maximum atomic E-state index is 12.6. The average molecular weight is 329 g/mol. The van der Waals surface area contributed by atoms with Crippen molar-refractivity contribution >= 4 is 32.2 Å². The van der Waals surface area contributed by atoms with Crippen LogP contribution in [0.1, 0.15) is 38.5 Å². The van der Waals surface area contributed by atoms with Crippen molar-refractivity contribution in [3.63, 3.8) is 0 Å². The number of nitrogen functional groups attached to an aromatic ring is 1. The minimum atomic E-state index is -3.35. The number of sulfone groups is 1. The largest absolute Gasteiger partial charge is 0.393 e. The first-order valence-electron chi connectivity index (χ1n) is 7.44. The van der Waals surface area contributed by atoms with Gasteiger partial charge >= 0.3 is 0 Å². The van der Waals surface area contributed by atoms with Crippen LogP contribution in [-0.2, 0) is 9.84 Å². The second kappa shape index (κ2) is 4.57. The van der Waals surface area contributed by atoms with Gasteiger partial charge in [-0.15, -0.1) is 0 Å². The van der Waals surface area contributed by atoms with E-state index in [0.29, 0.717) is 17.8 Å². The van der Waals surface area contributed by atoms with E-state index in [0.717, 1.165) is 25.7 Å². The molecule has 116 valence electrons. The molecule has 6 nitrogen and oxygen atoms in total. The van der Waals surface area contributed by atoms with Crippen molar-refractivity contribution in [3.8, 4) is 0 Å². The summed E-state index contributed by atoms with van der Waals surface area (Å²) < 4.78 is 29.4. The van der Waals surface area contributed by atoms with Crippen molar-refractivity contribution in [1.29, 1.82) is 0 Å². The molecule has 1 saturated carbocycles. The molecule has 2 atom stereocenters. The van der Waals surface area contributed by atoms with E-state index < -0.39 is 9.84 Å². The molecule has 1 aromatic heterocycles. The quantitative estimate of drug-likeness (QED) is 0.863. The Bertz CT molecular complexity index is 654. The standard InChI is InChI=1S/C13H19N3O3S2/c14-12-11(21(18,19)10-3-4-10)13(20-15-12)16-7-1-2-8(16)6-9(17)5-7/h7-10,17H,1-6H2,(H2,14,15). The van der Waals surface area contributed by atoms with E-state index in [1.54, 1.807) is 0 Å². The molecule has 3 aliphatic rings. The highest BCUT2D eigenvalue weighted by Gasteiger charge is 2.46. The molecule has 0 spiro atoms. The third-order valence-electron chi connectivity index (χ3n) is 4.85. The molecular formula is C13H19N3O3S2. The van der Waals surface area contributed by atoms with E-state index in [4.69, 9.17) is 5.73 Å². The molecule has 0 radical (unpaired) electrons. The molecule has 2 aliphatic heterocycles. The van der Waals surface area contributed by atoms with Crippen molar-refractivity contribution in [2.24, 2.45) is 0 Å². The lowest BCUT2D eigenvalue weighted by Crippen LogP contribution is -2.45. The Morgan fingerprint density at radius 3 is 2.38 bits per heavy atom. The number of hydrogen-bond acceptors (Lipinski definition) is 7. The second-order valence-corrected chi connectivity index (χ2v) is 9.28. The minimum absolute atomic E-state index is 0.146. The van der Waals surface area contributed by atoms with Crippen molar-refractivity contribution in [2.75, 3.05) is 10.6 Å². The van der Waals surface area contributed by atoms with Gasteiger partial charge in [0.1, 0.15) is 9.90 Å². The Labute approximate surface area is 128 Å². The van der Waals surface area contributed by atoms with E-state index in [2.05, 4.69) is 9.27 Å². The Morgan fingerprint density at radius 1 is 1.19 bits per heavy atom. The zero-order valence-electron chi connectivity index (χ0n) is 11.6. The minimum Gasteiger partial charge on any atom is -0.393 e. The van der Waals surface area contributed by atoms with Gasteiger partial charge in [0, 0.05) is 12.1 Å². The molecule has 4 rings (SSSR count). The van der Waals surface area contributed by atoms with Crippen LogP contribution in [0.5, 0.6) is 0 Å². The van der Waals surface area contributed by atoms with Crippen LogP contribution in [0.4, 0.5) is 10.8 Å². The van der Waals surface area contributed by atoms with Crippen molar-refractivity contribution in [1.82, 2.24) is 4.37 Å². The molecule has 0 aromatic carbocycles. The van der Waals surface area contributed by atoms with E-state index in [9.17, 15) is 13.5 Å². The van der Waals surface area contributed by atoms with Gasteiger partial charge in [-0.05, 0) is 50.1 Å². The Hall–Kier alpha value is -0.860. The lowest BCUT2D eigenvalue weighted by molar-refractivity contribution is 0.126. The Balaban J connectivity index is 1.77. The van der Waals surface area contributed by atoms with Gasteiger partial charge in [-0.1, -0.05) is 0 Å². The summed E-state index contributed by atoms with van der Waals surface area (Å²) in [5.74, 6) is 0.146. The number of fused-ring (bicyclic) bond motifs is 2. The first-order chi connectivity index (χ1) is 9.98. The Morgan fingerprint density at radius 2 is 1.81 bits per heavy atom. The lowest BCUT2D eigenvalue weighted by atomic mass is 10.0. The van der Waals surface area contributed by atoms with Gasteiger partial charge in [-0.3, -0.25) is 0 Å². The van der Waals surface area contributed by atoms with Gasteiger partial charge in [-0.2, -0.15) is 4.37 Å². The SMILES string of the molecule is Nc1nsc(N2C3CCC2CC(O)C3)c1S(=O)(=O)C1CC1. The molecule has 3 heterocycles. The zero-order chi connectivity index (χ0) is 14.8. The second-order valence-electron chi connectivity index (χ2n) is 6.36. The monoisotopic (exact) mass is 329 g/mol. The summed E-state index contributed by atoms with van der Waals surface area (Å²) in [5.41, 5.74) is 5.88. The summed E-state index contributed by atoms with van der Waals surface area (Å²) in [5, 5.41) is 10.3. The third kappa shape index (κ3) is 2.07. The smallest absolute Gasteiger partial charge is 0.187 e. The molecule has 2 saturated heterocycles. The fraction of sp³-hybridized carbons (Fsp3) is 0.769. The van der Waals surface area contributed by atoms with Crippen LogP contribution in [0.2, 0.25) is 0 Å². The van der Waals surface area contributed by atoms with Crippen LogP contribution >= 0.6 is 11.5 Å². The Kier molecular flexibility index (Phi) is 3.00. The average Bonchev–Trinajstić information content (AvgIpc) is 3.15. The molecule has 0 amide bonds. The summed E-state index contributed by atoms with van der Waals surface area (Å²) >= 11 is 1.19. The number of hydrogen-bond donors (Lipinski definition) is 2. The van der Waals surface area contributed by atoms with Crippen molar-refractivity contribution in [3.05, 3.63) is 0 Å². The summed E-state index contributed by atoms with van der Waals surface area (Å²) in [6.45, 7) is 0. The fourth-order valence-electron chi connectivity index (χ4n) is 3.74. The number of aliphatic hydroxyl groups is 1. The maximum absolute atomic E-state index is 12.6. The molecule has 21 heavy (non-hydrogen) atoms. The van der Waals surface area contributed by atoms with Gasteiger partial charge in [0.15, 0.2) is 15.7 Å². The van der Waals surface area contributed by atoms with Crippen molar-refractivity contribution in [2.45, 2.75) is 66.9 Å². The molecule has 2 bridgehead atoms. The molecule has 3 N–H and O–H groups in total. The molecule has 1 aromatic rings. The van der Waals surface area contributed by atoms with E-state index >= 15 is 0 Å². The number of rotatable bonds is 3. The number of aromatic nitrogens is 1. The highest BCUT2D eigenvalue weighted by Crippen LogP contribution is 2.48. The molecule has 2 unspecified atom stereocenters. The number of aliphatic hydroxyl groups excluding tert-OH is 1. The van der Waals surface area contributed by atoms with Crippen LogP contribution in [0.15, 0.2) is 4.90 Å². The van der Waals surface area contributed by atoms with Crippen LogP contribution in [0, 0.1) is 0 Å². The predicted octanol–water partition coefficient (Wildman–Crippen LogP) is 1.15. The van der Waals surface area contributed by atoms with Crippen LogP contribution in [0.25, 0.3) is 0 Å². The van der Waals surface area contributed by atoms with Gasteiger partial charge < -0.3 is 15.7 Å². The highest BCUT2D eigenvalue weighted by atomic mass is 32.2. The van der Waals surface area contributed by atoms with Gasteiger partial charge in [0.25, 0.3) is 0 Å². The maximum Gasteiger partial charge on any atom is 0.187 e. The van der Waals surface area contributed by atoms with Crippen LogP contribution in [0.3, 0.4) is 0 Å². The first-order valence-corrected chi connectivity index (χ1v) is 9.76. The number of nitrogens with two attached hydrogens (primary N) is 1. The lowest BCUT2D eigenvalue weighted by Gasteiger charge is -2.38. The molecule has 3 fully saturated rings.